The number of carbonyl (C=O) groups excluding carboxylic acids is 1. The first-order valence-corrected chi connectivity index (χ1v) is 6.89. The third-order valence-electron chi connectivity index (χ3n) is 3.68. The molecule has 1 aromatic carbocycles. The fourth-order valence-electron chi connectivity index (χ4n) is 2.45. The summed E-state index contributed by atoms with van der Waals surface area (Å²) in [6, 6.07) is 5.92. The Kier molecular flexibility index (Phi) is 3.48. The Hall–Kier alpha value is -2.96. The Morgan fingerprint density at radius 2 is 2.04 bits per heavy atom. The van der Waals surface area contributed by atoms with Gasteiger partial charge >= 0.3 is 0 Å². The summed E-state index contributed by atoms with van der Waals surface area (Å²) >= 11 is 0. The number of amides is 1. The van der Waals surface area contributed by atoms with Gasteiger partial charge in [0.05, 0.1) is 11.3 Å². The zero-order valence-electron chi connectivity index (χ0n) is 12.8. The van der Waals surface area contributed by atoms with Crippen molar-refractivity contribution in [2.75, 3.05) is 11.9 Å². The number of nitrogens with zero attached hydrogens (tertiary/aromatic N) is 3. The molecule has 3 rings (SSSR count). The molecule has 6 nitrogen and oxygen atoms in total. The van der Waals surface area contributed by atoms with E-state index in [1.54, 1.807) is 13.0 Å². The van der Waals surface area contributed by atoms with E-state index in [1.165, 1.54) is 43.2 Å². The number of rotatable bonds is 2. The van der Waals surface area contributed by atoms with Gasteiger partial charge in [-0.1, -0.05) is 12.1 Å². The number of hydrogen-bond donors (Lipinski definition) is 0. The zero-order chi connectivity index (χ0) is 16.7. The van der Waals surface area contributed by atoms with E-state index >= 15 is 0 Å². The number of anilines is 1. The third-order valence-corrected chi connectivity index (χ3v) is 3.68. The first-order valence-electron chi connectivity index (χ1n) is 6.89. The molecular weight excluding hydrogens is 301 g/mol. The predicted octanol–water partition coefficient (Wildman–Crippen LogP) is 2.25. The zero-order valence-corrected chi connectivity index (χ0v) is 12.8. The minimum atomic E-state index is -0.531. The van der Waals surface area contributed by atoms with Crippen molar-refractivity contribution in [3.05, 3.63) is 58.1 Å². The van der Waals surface area contributed by atoms with E-state index in [1.807, 2.05) is 0 Å². The Bertz CT molecular complexity index is 974. The lowest BCUT2D eigenvalue weighted by Gasteiger charge is -2.17. The second-order valence-corrected chi connectivity index (χ2v) is 5.19. The van der Waals surface area contributed by atoms with Crippen LogP contribution in [0.1, 0.15) is 16.1 Å². The molecule has 118 valence electrons. The minimum absolute atomic E-state index is 0.0934. The van der Waals surface area contributed by atoms with Crippen LogP contribution in [0.15, 0.2) is 39.8 Å². The van der Waals surface area contributed by atoms with E-state index in [-0.39, 0.29) is 28.1 Å². The molecule has 0 aliphatic heterocycles. The molecule has 0 N–H and O–H groups in total. The molecule has 2 aromatic heterocycles. The van der Waals surface area contributed by atoms with Crippen LogP contribution in [0.3, 0.4) is 0 Å². The van der Waals surface area contributed by atoms with Gasteiger partial charge in [0.15, 0.2) is 0 Å². The molecule has 0 unspecified atom stereocenters. The van der Waals surface area contributed by atoms with Crippen molar-refractivity contribution < 1.29 is 13.6 Å². The molecule has 0 radical (unpaired) electrons. The van der Waals surface area contributed by atoms with Crippen LogP contribution in [-0.2, 0) is 7.05 Å². The fourth-order valence-corrected chi connectivity index (χ4v) is 2.45. The molecule has 0 fully saturated rings. The third kappa shape index (κ3) is 2.30. The molecule has 0 saturated carbocycles. The lowest BCUT2D eigenvalue weighted by molar-refractivity contribution is 0.0992. The number of aryl methyl sites for hydroxylation is 2. The van der Waals surface area contributed by atoms with Gasteiger partial charge < -0.3 is 13.9 Å². The predicted molar refractivity (Wildman–Crippen MR) is 83.1 cm³/mol. The molecule has 7 heteroatoms. The van der Waals surface area contributed by atoms with Gasteiger partial charge in [-0.2, -0.15) is 0 Å². The summed E-state index contributed by atoms with van der Waals surface area (Å²) in [4.78, 5) is 30.2. The van der Waals surface area contributed by atoms with Crippen molar-refractivity contribution in [2.24, 2.45) is 7.05 Å². The number of aromatic nitrogens is 2. The standard InChI is InChI=1S/C16H14FN3O3/c1-9-12(13-14(23-9)18-8-19(2)15(13)21)16(22)20(3)11-7-5-4-6-10(11)17/h4-8H,1-3H3. The topological polar surface area (TPSA) is 68.3 Å². The highest BCUT2D eigenvalue weighted by molar-refractivity contribution is 6.13. The molecule has 2 heterocycles. The van der Waals surface area contributed by atoms with E-state index in [0.29, 0.717) is 0 Å². The first-order chi connectivity index (χ1) is 10.9. The second-order valence-electron chi connectivity index (χ2n) is 5.19. The van der Waals surface area contributed by atoms with Crippen molar-refractivity contribution in [2.45, 2.75) is 6.92 Å². The summed E-state index contributed by atoms with van der Waals surface area (Å²) in [6.07, 6.45) is 1.32. The highest BCUT2D eigenvalue weighted by Crippen LogP contribution is 2.25. The summed E-state index contributed by atoms with van der Waals surface area (Å²) in [5, 5.41) is 0.0979. The number of halogens is 1. The Balaban J connectivity index is 2.19. The quantitative estimate of drug-likeness (QED) is 0.727. The largest absolute Gasteiger partial charge is 0.442 e. The monoisotopic (exact) mass is 315 g/mol. The van der Waals surface area contributed by atoms with Gasteiger partial charge in [0.2, 0.25) is 5.71 Å². The summed E-state index contributed by atoms with van der Waals surface area (Å²) in [7, 11) is 2.98. The van der Waals surface area contributed by atoms with E-state index < -0.39 is 17.3 Å². The minimum Gasteiger partial charge on any atom is -0.442 e. The van der Waals surface area contributed by atoms with Gasteiger partial charge in [-0.3, -0.25) is 9.59 Å². The van der Waals surface area contributed by atoms with E-state index in [9.17, 15) is 14.0 Å². The van der Waals surface area contributed by atoms with E-state index in [4.69, 9.17) is 4.42 Å². The highest BCUT2D eigenvalue weighted by atomic mass is 19.1. The summed E-state index contributed by atoms with van der Waals surface area (Å²) < 4.78 is 20.6. The highest BCUT2D eigenvalue weighted by Gasteiger charge is 2.26. The van der Waals surface area contributed by atoms with Crippen LogP contribution in [0.5, 0.6) is 0 Å². The molecule has 0 saturated heterocycles. The van der Waals surface area contributed by atoms with Crippen molar-refractivity contribution >= 4 is 22.7 Å². The number of furan rings is 1. The number of benzene rings is 1. The van der Waals surface area contributed by atoms with Crippen molar-refractivity contribution in [3.8, 4) is 0 Å². The van der Waals surface area contributed by atoms with Crippen molar-refractivity contribution in [1.82, 2.24) is 9.55 Å². The molecule has 1 amide bonds. The van der Waals surface area contributed by atoms with Crippen LogP contribution >= 0.6 is 0 Å². The number of fused-ring (bicyclic) bond motifs is 1. The summed E-state index contributed by atoms with van der Waals surface area (Å²) in [5.41, 5.74) is -0.0839. The second kappa shape index (κ2) is 5.35. The summed E-state index contributed by atoms with van der Waals surface area (Å²) in [6.45, 7) is 1.57. The lowest BCUT2D eigenvalue weighted by Crippen LogP contribution is -2.29. The van der Waals surface area contributed by atoms with Gasteiger partial charge in [0.1, 0.15) is 23.3 Å². The van der Waals surface area contributed by atoms with E-state index in [2.05, 4.69) is 4.98 Å². The Labute approximate surface area is 130 Å². The maximum absolute atomic E-state index is 13.9. The van der Waals surface area contributed by atoms with Crippen LogP contribution in [-0.4, -0.2) is 22.5 Å². The summed E-state index contributed by atoms with van der Waals surface area (Å²) in [5.74, 6) is -0.791. The van der Waals surface area contributed by atoms with Crippen molar-refractivity contribution in [1.29, 1.82) is 0 Å². The molecule has 0 aliphatic carbocycles. The van der Waals surface area contributed by atoms with E-state index in [0.717, 1.165) is 4.90 Å². The van der Waals surface area contributed by atoms with Gasteiger partial charge in [-0.15, -0.1) is 0 Å². The molecule has 0 spiro atoms. The number of hydrogen-bond acceptors (Lipinski definition) is 4. The van der Waals surface area contributed by atoms with Gasteiger partial charge in [0, 0.05) is 14.1 Å². The van der Waals surface area contributed by atoms with Gasteiger partial charge in [0.25, 0.3) is 11.5 Å². The average Bonchev–Trinajstić information content (AvgIpc) is 2.87. The maximum atomic E-state index is 13.9. The van der Waals surface area contributed by atoms with Crippen LogP contribution in [0.2, 0.25) is 0 Å². The SMILES string of the molecule is Cc1oc2ncn(C)c(=O)c2c1C(=O)N(C)c1ccccc1F. The molecule has 0 atom stereocenters. The Morgan fingerprint density at radius 3 is 2.74 bits per heavy atom. The lowest BCUT2D eigenvalue weighted by atomic mass is 10.1. The average molecular weight is 315 g/mol. The fraction of sp³-hybridized carbons (Fsp3) is 0.188. The number of para-hydroxylation sites is 1. The van der Waals surface area contributed by atoms with Gasteiger partial charge in [-0.05, 0) is 19.1 Å². The Morgan fingerprint density at radius 1 is 1.35 bits per heavy atom. The van der Waals surface area contributed by atoms with Crippen LogP contribution in [0.4, 0.5) is 10.1 Å². The first kappa shape index (κ1) is 15.0. The normalized spacial score (nSPS) is 11.0. The molecule has 0 aliphatic rings. The van der Waals surface area contributed by atoms with Crippen LogP contribution in [0.25, 0.3) is 11.1 Å². The smallest absolute Gasteiger partial charge is 0.265 e. The van der Waals surface area contributed by atoms with Crippen LogP contribution in [0, 0.1) is 12.7 Å². The van der Waals surface area contributed by atoms with Gasteiger partial charge in [-0.25, -0.2) is 9.37 Å². The van der Waals surface area contributed by atoms with Crippen molar-refractivity contribution in [3.63, 3.8) is 0 Å². The molecule has 23 heavy (non-hydrogen) atoms. The van der Waals surface area contributed by atoms with Crippen LogP contribution < -0.4 is 10.5 Å². The number of carbonyl (C=O) groups is 1. The maximum Gasteiger partial charge on any atom is 0.265 e. The molecular formula is C16H14FN3O3. The molecule has 3 aromatic rings. The molecule has 0 bridgehead atoms.